The van der Waals surface area contributed by atoms with Gasteiger partial charge in [-0.25, -0.2) is 4.79 Å². The van der Waals surface area contributed by atoms with Crippen molar-refractivity contribution >= 4 is 23.4 Å². The molecule has 2 rings (SSSR count). The van der Waals surface area contributed by atoms with Crippen LogP contribution >= 0.6 is 11.8 Å². The molecule has 1 aromatic heterocycles. The van der Waals surface area contributed by atoms with Gasteiger partial charge in [0.05, 0.1) is 24.5 Å². The lowest BCUT2D eigenvalue weighted by Gasteiger charge is -2.10. The van der Waals surface area contributed by atoms with Crippen molar-refractivity contribution in [2.75, 3.05) is 18.2 Å². The number of nitrogens with one attached hydrogen (secondary N) is 1. The van der Waals surface area contributed by atoms with E-state index in [9.17, 15) is 4.79 Å². The number of anilines is 1. The summed E-state index contributed by atoms with van der Waals surface area (Å²) in [4.78, 5) is 11.9. The van der Waals surface area contributed by atoms with Crippen LogP contribution in [0.4, 0.5) is 5.69 Å². The molecule has 0 fully saturated rings. The molecule has 112 valence electrons. The molecule has 21 heavy (non-hydrogen) atoms. The third kappa shape index (κ3) is 4.29. The van der Waals surface area contributed by atoms with Crippen molar-refractivity contribution in [3.05, 3.63) is 53.5 Å². The SMILES string of the molecule is CCOC(=O)c1ccccc1NCc1ccc(CSC)o1. The number of thioether (sulfide) groups is 1. The van der Waals surface area contributed by atoms with Gasteiger partial charge in [-0.1, -0.05) is 12.1 Å². The van der Waals surface area contributed by atoms with Crippen molar-refractivity contribution < 1.29 is 13.9 Å². The van der Waals surface area contributed by atoms with Gasteiger partial charge in [0.2, 0.25) is 0 Å². The summed E-state index contributed by atoms with van der Waals surface area (Å²) in [7, 11) is 0. The minimum absolute atomic E-state index is 0.317. The van der Waals surface area contributed by atoms with Crippen LogP contribution in [0.2, 0.25) is 0 Å². The fourth-order valence-electron chi connectivity index (χ4n) is 1.94. The topological polar surface area (TPSA) is 51.5 Å². The van der Waals surface area contributed by atoms with Gasteiger partial charge in [-0.15, -0.1) is 0 Å². The number of hydrogen-bond donors (Lipinski definition) is 1. The van der Waals surface area contributed by atoms with Crippen LogP contribution in [-0.4, -0.2) is 18.8 Å². The molecule has 0 atom stereocenters. The van der Waals surface area contributed by atoms with E-state index in [-0.39, 0.29) is 5.97 Å². The lowest BCUT2D eigenvalue weighted by atomic mass is 10.2. The number of rotatable bonds is 7. The Bertz CT molecular complexity index is 595. The standard InChI is InChI=1S/C16H19NO3S/c1-3-19-16(18)14-6-4-5-7-15(14)17-10-12-8-9-13(20-12)11-21-2/h4-9,17H,3,10-11H2,1-2H3. The van der Waals surface area contributed by atoms with E-state index in [1.165, 1.54) is 0 Å². The maximum atomic E-state index is 11.9. The summed E-state index contributed by atoms with van der Waals surface area (Å²) >= 11 is 1.72. The number of benzene rings is 1. The molecule has 4 nitrogen and oxygen atoms in total. The largest absolute Gasteiger partial charge is 0.463 e. The second-order valence-electron chi connectivity index (χ2n) is 4.42. The first-order chi connectivity index (χ1) is 10.2. The lowest BCUT2D eigenvalue weighted by molar-refractivity contribution is 0.0527. The molecule has 0 aliphatic carbocycles. The lowest BCUT2D eigenvalue weighted by Crippen LogP contribution is -2.09. The Labute approximate surface area is 128 Å². The zero-order chi connectivity index (χ0) is 15.1. The molecule has 0 aliphatic rings. The van der Waals surface area contributed by atoms with E-state index in [1.807, 2.05) is 36.6 Å². The Hall–Kier alpha value is -1.88. The van der Waals surface area contributed by atoms with Gasteiger partial charge in [0.1, 0.15) is 11.5 Å². The van der Waals surface area contributed by atoms with E-state index in [2.05, 4.69) is 5.32 Å². The van der Waals surface area contributed by atoms with Crippen LogP contribution < -0.4 is 5.32 Å². The summed E-state index contributed by atoms with van der Waals surface area (Å²) < 4.78 is 10.7. The molecular formula is C16H19NO3S. The van der Waals surface area contributed by atoms with Gasteiger partial charge in [-0.05, 0) is 37.4 Å². The predicted molar refractivity (Wildman–Crippen MR) is 85.7 cm³/mol. The first-order valence-corrected chi connectivity index (χ1v) is 8.20. The Balaban J connectivity index is 2.03. The highest BCUT2D eigenvalue weighted by Crippen LogP contribution is 2.19. The Morgan fingerprint density at radius 3 is 2.76 bits per heavy atom. The van der Waals surface area contributed by atoms with Crippen molar-refractivity contribution in [1.29, 1.82) is 0 Å². The van der Waals surface area contributed by atoms with Crippen molar-refractivity contribution in [2.45, 2.75) is 19.2 Å². The summed E-state index contributed by atoms with van der Waals surface area (Å²) in [5.74, 6) is 2.35. The molecule has 1 N–H and O–H groups in total. The fourth-order valence-corrected chi connectivity index (χ4v) is 2.38. The molecule has 0 unspecified atom stereocenters. The van der Waals surface area contributed by atoms with Crippen LogP contribution in [0, 0.1) is 0 Å². The molecule has 0 aliphatic heterocycles. The highest BCUT2D eigenvalue weighted by molar-refractivity contribution is 7.97. The van der Waals surface area contributed by atoms with E-state index < -0.39 is 0 Å². The minimum atomic E-state index is -0.317. The number of carbonyl (C=O) groups is 1. The second kappa shape index (κ2) is 7.78. The van der Waals surface area contributed by atoms with Gasteiger partial charge in [0.15, 0.2) is 0 Å². The average Bonchev–Trinajstić information content (AvgIpc) is 2.94. The number of esters is 1. The van der Waals surface area contributed by atoms with E-state index in [1.54, 1.807) is 24.8 Å². The normalized spacial score (nSPS) is 10.4. The summed E-state index contributed by atoms with van der Waals surface area (Å²) in [5.41, 5.74) is 1.29. The third-order valence-electron chi connectivity index (χ3n) is 2.88. The van der Waals surface area contributed by atoms with E-state index in [4.69, 9.17) is 9.15 Å². The Morgan fingerprint density at radius 2 is 2.00 bits per heavy atom. The quantitative estimate of drug-likeness (QED) is 0.785. The summed E-state index contributed by atoms with van der Waals surface area (Å²) in [6.45, 7) is 2.69. The van der Waals surface area contributed by atoms with Gasteiger partial charge >= 0.3 is 5.97 Å². The van der Waals surface area contributed by atoms with Crippen LogP contribution in [-0.2, 0) is 17.0 Å². The molecule has 0 radical (unpaired) electrons. The van der Waals surface area contributed by atoms with Gasteiger partial charge in [-0.3, -0.25) is 0 Å². The van der Waals surface area contributed by atoms with E-state index in [0.29, 0.717) is 18.7 Å². The molecule has 2 aromatic rings. The molecule has 0 spiro atoms. The van der Waals surface area contributed by atoms with Crippen molar-refractivity contribution in [3.8, 4) is 0 Å². The number of hydrogen-bond acceptors (Lipinski definition) is 5. The molecule has 0 saturated heterocycles. The number of carbonyl (C=O) groups excluding carboxylic acids is 1. The molecule has 5 heteroatoms. The third-order valence-corrected chi connectivity index (χ3v) is 3.45. The van der Waals surface area contributed by atoms with Crippen LogP contribution in [0.15, 0.2) is 40.8 Å². The van der Waals surface area contributed by atoms with Crippen LogP contribution in [0.3, 0.4) is 0 Å². The smallest absolute Gasteiger partial charge is 0.340 e. The highest BCUT2D eigenvalue weighted by atomic mass is 32.2. The van der Waals surface area contributed by atoms with Gasteiger partial charge in [0, 0.05) is 5.69 Å². The first kappa shape index (κ1) is 15.5. The zero-order valence-electron chi connectivity index (χ0n) is 12.2. The fraction of sp³-hybridized carbons (Fsp3) is 0.312. The van der Waals surface area contributed by atoms with Crippen molar-refractivity contribution in [3.63, 3.8) is 0 Å². The Kier molecular flexibility index (Phi) is 5.75. The number of ether oxygens (including phenoxy) is 1. The monoisotopic (exact) mass is 305 g/mol. The first-order valence-electron chi connectivity index (χ1n) is 6.81. The molecule has 1 heterocycles. The predicted octanol–water partition coefficient (Wildman–Crippen LogP) is 3.93. The maximum Gasteiger partial charge on any atom is 0.340 e. The minimum Gasteiger partial charge on any atom is -0.463 e. The molecular weight excluding hydrogens is 286 g/mol. The van der Waals surface area contributed by atoms with Gasteiger partial charge < -0.3 is 14.5 Å². The summed E-state index contributed by atoms with van der Waals surface area (Å²) in [6, 6.07) is 11.2. The summed E-state index contributed by atoms with van der Waals surface area (Å²) in [6.07, 6.45) is 2.04. The van der Waals surface area contributed by atoms with Gasteiger partial charge in [0.25, 0.3) is 0 Å². The average molecular weight is 305 g/mol. The molecule has 0 saturated carbocycles. The summed E-state index contributed by atoms with van der Waals surface area (Å²) in [5, 5.41) is 3.22. The van der Waals surface area contributed by atoms with E-state index in [0.717, 1.165) is 23.0 Å². The van der Waals surface area contributed by atoms with Crippen LogP contribution in [0.5, 0.6) is 0 Å². The Morgan fingerprint density at radius 1 is 1.24 bits per heavy atom. The molecule has 0 bridgehead atoms. The van der Waals surface area contributed by atoms with Crippen LogP contribution in [0.25, 0.3) is 0 Å². The molecule has 0 amide bonds. The number of furan rings is 1. The van der Waals surface area contributed by atoms with Crippen LogP contribution in [0.1, 0.15) is 28.8 Å². The second-order valence-corrected chi connectivity index (χ2v) is 5.29. The van der Waals surface area contributed by atoms with Crippen molar-refractivity contribution in [2.24, 2.45) is 0 Å². The maximum absolute atomic E-state index is 11.9. The van der Waals surface area contributed by atoms with Crippen molar-refractivity contribution in [1.82, 2.24) is 0 Å². The number of para-hydroxylation sites is 1. The van der Waals surface area contributed by atoms with E-state index >= 15 is 0 Å². The van der Waals surface area contributed by atoms with Gasteiger partial charge in [-0.2, -0.15) is 11.8 Å². The molecule has 1 aromatic carbocycles. The zero-order valence-corrected chi connectivity index (χ0v) is 13.0. The highest BCUT2D eigenvalue weighted by Gasteiger charge is 2.12.